The Labute approximate surface area is 117 Å². The van der Waals surface area contributed by atoms with Gasteiger partial charge in [-0.25, -0.2) is 0 Å². The summed E-state index contributed by atoms with van der Waals surface area (Å²) in [5.41, 5.74) is 0. The third-order valence-electron chi connectivity index (χ3n) is 4.68. The lowest BCUT2D eigenvalue weighted by molar-refractivity contribution is -0.123. The van der Waals surface area contributed by atoms with E-state index in [1.54, 1.807) is 0 Å². The molecule has 2 rings (SSSR count). The smallest absolute Gasteiger partial charge is 0.234 e. The van der Waals surface area contributed by atoms with Crippen molar-refractivity contribution in [3.63, 3.8) is 0 Å². The second-order valence-electron chi connectivity index (χ2n) is 6.23. The van der Waals surface area contributed by atoms with Crippen LogP contribution in [0, 0.1) is 5.92 Å². The lowest BCUT2D eigenvalue weighted by Crippen LogP contribution is -2.46. The molecular formula is C15H29N3O. The quantitative estimate of drug-likeness (QED) is 0.790. The van der Waals surface area contributed by atoms with Gasteiger partial charge >= 0.3 is 0 Å². The van der Waals surface area contributed by atoms with E-state index in [1.807, 2.05) is 0 Å². The Balaban J connectivity index is 1.73. The third-order valence-corrected chi connectivity index (χ3v) is 4.68. The Bertz CT molecular complexity index is 281. The van der Waals surface area contributed by atoms with E-state index in [0.717, 1.165) is 38.4 Å². The van der Waals surface area contributed by atoms with Crippen molar-refractivity contribution in [1.29, 1.82) is 0 Å². The van der Waals surface area contributed by atoms with Crippen LogP contribution in [0.4, 0.5) is 0 Å². The van der Waals surface area contributed by atoms with Gasteiger partial charge in [0.25, 0.3) is 0 Å². The van der Waals surface area contributed by atoms with Crippen LogP contribution in [0.5, 0.6) is 0 Å². The van der Waals surface area contributed by atoms with Gasteiger partial charge in [0.15, 0.2) is 0 Å². The van der Waals surface area contributed by atoms with Gasteiger partial charge in [0.05, 0.1) is 6.54 Å². The number of carbonyl (C=O) groups is 1. The molecule has 2 fully saturated rings. The van der Waals surface area contributed by atoms with E-state index in [2.05, 4.69) is 29.4 Å². The lowest BCUT2D eigenvalue weighted by Gasteiger charge is -2.30. The van der Waals surface area contributed by atoms with Crippen molar-refractivity contribution in [3.8, 4) is 0 Å². The standard InChI is InChI=1S/C15H29N3O/c1-3-18(14-8-9-16-10-14)11-15(19)17-13-6-4-12(2)5-7-13/h12-14,16H,3-11H2,1-2H3,(H,17,19). The molecule has 1 saturated heterocycles. The van der Waals surface area contributed by atoms with Crippen molar-refractivity contribution in [2.75, 3.05) is 26.2 Å². The average molecular weight is 267 g/mol. The fourth-order valence-electron chi connectivity index (χ4n) is 3.31. The van der Waals surface area contributed by atoms with Crippen LogP contribution in [0.25, 0.3) is 0 Å². The Morgan fingerprint density at radius 3 is 2.58 bits per heavy atom. The van der Waals surface area contributed by atoms with Crippen LogP contribution in [0.2, 0.25) is 0 Å². The van der Waals surface area contributed by atoms with Gasteiger partial charge < -0.3 is 10.6 Å². The number of likely N-dealkylation sites (N-methyl/N-ethyl adjacent to an activating group) is 1. The first kappa shape index (κ1) is 14.8. The molecule has 1 unspecified atom stereocenters. The Kier molecular flexibility index (Phi) is 5.64. The molecule has 2 aliphatic rings. The van der Waals surface area contributed by atoms with E-state index in [9.17, 15) is 4.79 Å². The van der Waals surface area contributed by atoms with Gasteiger partial charge in [-0.3, -0.25) is 9.69 Å². The van der Waals surface area contributed by atoms with E-state index in [4.69, 9.17) is 0 Å². The zero-order valence-corrected chi connectivity index (χ0v) is 12.5. The second-order valence-corrected chi connectivity index (χ2v) is 6.23. The fraction of sp³-hybridized carbons (Fsp3) is 0.933. The zero-order chi connectivity index (χ0) is 13.7. The van der Waals surface area contributed by atoms with Gasteiger partial charge in [-0.2, -0.15) is 0 Å². The summed E-state index contributed by atoms with van der Waals surface area (Å²) in [6.45, 7) is 8.10. The summed E-state index contributed by atoms with van der Waals surface area (Å²) in [6, 6.07) is 0.964. The number of amides is 1. The topological polar surface area (TPSA) is 44.4 Å². The zero-order valence-electron chi connectivity index (χ0n) is 12.5. The van der Waals surface area contributed by atoms with Crippen molar-refractivity contribution in [2.45, 2.75) is 58.0 Å². The predicted octanol–water partition coefficient (Wildman–Crippen LogP) is 1.37. The Morgan fingerprint density at radius 2 is 2.00 bits per heavy atom. The Morgan fingerprint density at radius 1 is 1.26 bits per heavy atom. The first-order valence-corrected chi connectivity index (χ1v) is 7.93. The SMILES string of the molecule is CCN(CC(=O)NC1CCC(C)CC1)C1CCNC1. The van der Waals surface area contributed by atoms with E-state index >= 15 is 0 Å². The Hall–Kier alpha value is -0.610. The minimum absolute atomic E-state index is 0.216. The van der Waals surface area contributed by atoms with Crippen LogP contribution < -0.4 is 10.6 Å². The molecule has 0 radical (unpaired) electrons. The van der Waals surface area contributed by atoms with Crippen molar-refractivity contribution in [1.82, 2.24) is 15.5 Å². The molecular weight excluding hydrogens is 238 g/mol. The second kappa shape index (κ2) is 7.25. The summed E-state index contributed by atoms with van der Waals surface area (Å²) in [5.74, 6) is 1.05. The van der Waals surface area contributed by atoms with Crippen molar-refractivity contribution >= 4 is 5.91 Å². The molecule has 0 spiro atoms. The van der Waals surface area contributed by atoms with Crippen LogP contribution in [-0.2, 0) is 4.79 Å². The maximum atomic E-state index is 12.1. The number of hydrogen-bond acceptors (Lipinski definition) is 3. The van der Waals surface area contributed by atoms with Crippen LogP contribution in [-0.4, -0.2) is 49.1 Å². The molecule has 1 atom stereocenters. The van der Waals surface area contributed by atoms with Crippen molar-refractivity contribution in [2.24, 2.45) is 5.92 Å². The molecule has 0 aromatic heterocycles. The van der Waals surface area contributed by atoms with Gasteiger partial charge in [0.2, 0.25) is 5.91 Å². The molecule has 4 heteroatoms. The number of nitrogens with zero attached hydrogens (tertiary/aromatic N) is 1. The highest BCUT2D eigenvalue weighted by molar-refractivity contribution is 5.78. The largest absolute Gasteiger partial charge is 0.352 e. The number of hydrogen-bond donors (Lipinski definition) is 2. The molecule has 4 nitrogen and oxygen atoms in total. The monoisotopic (exact) mass is 267 g/mol. The van der Waals surface area contributed by atoms with Gasteiger partial charge in [0.1, 0.15) is 0 Å². The van der Waals surface area contributed by atoms with E-state index in [-0.39, 0.29) is 5.91 Å². The van der Waals surface area contributed by atoms with E-state index < -0.39 is 0 Å². The average Bonchev–Trinajstić information content (AvgIpc) is 2.92. The minimum atomic E-state index is 0.216. The maximum Gasteiger partial charge on any atom is 0.234 e. The molecule has 1 aliphatic carbocycles. The van der Waals surface area contributed by atoms with Crippen LogP contribution in [0.1, 0.15) is 46.0 Å². The summed E-state index contributed by atoms with van der Waals surface area (Å²) in [7, 11) is 0. The molecule has 2 N–H and O–H groups in total. The van der Waals surface area contributed by atoms with Crippen molar-refractivity contribution in [3.05, 3.63) is 0 Å². The molecule has 110 valence electrons. The van der Waals surface area contributed by atoms with Gasteiger partial charge in [0, 0.05) is 18.6 Å². The highest BCUT2D eigenvalue weighted by atomic mass is 16.2. The molecule has 1 heterocycles. The first-order valence-electron chi connectivity index (χ1n) is 7.93. The minimum Gasteiger partial charge on any atom is -0.352 e. The highest BCUT2D eigenvalue weighted by Gasteiger charge is 2.24. The molecule has 0 aromatic carbocycles. The number of rotatable bonds is 5. The van der Waals surface area contributed by atoms with Crippen LogP contribution >= 0.6 is 0 Å². The molecule has 1 amide bonds. The normalized spacial score (nSPS) is 31.6. The molecule has 19 heavy (non-hydrogen) atoms. The molecule has 0 aromatic rings. The summed E-state index contributed by atoms with van der Waals surface area (Å²) in [4.78, 5) is 14.5. The summed E-state index contributed by atoms with van der Waals surface area (Å²) < 4.78 is 0. The lowest BCUT2D eigenvalue weighted by atomic mass is 9.87. The van der Waals surface area contributed by atoms with Gasteiger partial charge in [-0.15, -0.1) is 0 Å². The summed E-state index contributed by atoms with van der Waals surface area (Å²) in [6.07, 6.45) is 6.00. The summed E-state index contributed by atoms with van der Waals surface area (Å²) >= 11 is 0. The third kappa shape index (κ3) is 4.46. The number of nitrogens with one attached hydrogen (secondary N) is 2. The van der Waals surface area contributed by atoms with E-state index in [0.29, 0.717) is 18.6 Å². The van der Waals surface area contributed by atoms with Crippen molar-refractivity contribution < 1.29 is 4.79 Å². The van der Waals surface area contributed by atoms with Gasteiger partial charge in [-0.05, 0) is 51.1 Å². The first-order chi connectivity index (χ1) is 9.19. The van der Waals surface area contributed by atoms with Crippen LogP contribution in [0.3, 0.4) is 0 Å². The molecule has 1 aliphatic heterocycles. The van der Waals surface area contributed by atoms with E-state index in [1.165, 1.54) is 19.3 Å². The van der Waals surface area contributed by atoms with Gasteiger partial charge in [-0.1, -0.05) is 13.8 Å². The highest BCUT2D eigenvalue weighted by Crippen LogP contribution is 2.23. The predicted molar refractivity (Wildman–Crippen MR) is 78.1 cm³/mol. The fourth-order valence-corrected chi connectivity index (χ4v) is 3.31. The molecule has 0 bridgehead atoms. The maximum absolute atomic E-state index is 12.1. The molecule has 1 saturated carbocycles. The summed E-state index contributed by atoms with van der Waals surface area (Å²) in [5, 5.41) is 6.60. The number of carbonyl (C=O) groups excluding carboxylic acids is 1. The van der Waals surface area contributed by atoms with Crippen LogP contribution in [0.15, 0.2) is 0 Å².